The highest BCUT2D eigenvalue weighted by atomic mass is 15.3. The summed E-state index contributed by atoms with van der Waals surface area (Å²) in [7, 11) is 0. The highest BCUT2D eigenvalue weighted by molar-refractivity contribution is 6.09. The zero-order valence-electron chi connectivity index (χ0n) is 20.1. The smallest absolute Gasteiger partial charge is 0.129 e. The van der Waals surface area contributed by atoms with E-state index in [1.54, 1.807) is 0 Å². The number of para-hydroxylation sites is 1. The van der Waals surface area contributed by atoms with Crippen LogP contribution in [0.5, 0.6) is 0 Å². The molecule has 0 bridgehead atoms. The van der Waals surface area contributed by atoms with E-state index < -0.39 is 0 Å². The minimum atomic E-state index is 0.0339. The van der Waals surface area contributed by atoms with Crippen LogP contribution in [-0.4, -0.2) is 17.4 Å². The number of nitrogens with one attached hydrogen (secondary N) is 2. The Morgan fingerprint density at radius 2 is 1.73 bits per heavy atom. The molecule has 3 aromatic rings. The summed E-state index contributed by atoms with van der Waals surface area (Å²) in [5, 5.41) is 7.29. The summed E-state index contributed by atoms with van der Waals surface area (Å²) in [6.07, 6.45) is 2.21. The van der Waals surface area contributed by atoms with Gasteiger partial charge in [0.1, 0.15) is 18.7 Å². The normalized spacial score (nSPS) is 17.4. The molecule has 0 aromatic heterocycles. The lowest BCUT2D eigenvalue weighted by molar-refractivity contribution is 0.326. The summed E-state index contributed by atoms with van der Waals surface area (Å²) >= 11 is 0. The van der Waals surface area contributed by atoms with Crippen molar-refractivity contribution in [2.45, 2.75) is 46.2 Å². The average Bonchev–Trinajstić information content (AvgIpc) is 2.80. The predicted molar refractivity (Wildman–Crippen MR) is 140 cm³/mol. The van der Waals surface area contributed by atoms with Gasteiger partial charge >= 0.3 is 0 Å². The molecule has 2 aliphatic rings. The van der Waals surface area contributed by atoms with Gasteiger partial charge in [0.25, 0.3) is 0 Å². The minimum Gasteiger partial charge on any atom is -0.361 e. The molecule has 0 aliphatic carbocycles. The maximum absolute atomic E-state index is 4.89. The van der Waals surface area contributed by atoms with Crippen LogP contribution in [0.2, 0.25) is 0 Å². The number of hydrogen-bond acceptors (Lipinski definition) is 4. The van der Waals surface area contributed by atoms with Crippen molar-refractivity contribution < 1.29 is 0 Å². The lowest BCUT2D eigenvalue weighted by Gasteiger charge is -2.42. The third kappa shape index (κ3) is 4.13. The van der Waals surface area contributed by atoms with Crippen LogP contribution in [0.25, 0.3) is 5.70 Å². The summed E-state index contributed by atoms with van der Waals surface area (Å²) in [5.41, 5.74) is 9.85. The van der Waals surface area contributed by atoms with E-state index in [2.05, 4.69) is 123 Å². The molecule has 2 aliphatic heterocycles. The molecule has 2 N–H and O–H groups in total. The van der Waals surface area contributed by atoms with Gasteiger partial charge in [-0.25, -0.2) is 4.99 Å². The largest absolute Gasteiger partial charge is 0.361 e. The zero-order valence-corrected chi connectivity index (χ0v) is 20.1. The predicted octanol–water partition coefficient (Wildman–Crippen LogP) is 6.85. The lowest BCUT2D eigenvalue weighted by atomic mass is 9.86. The van der Waals surface area contributed by atoms with Crippen molar-refractivity contribution in [3.63, 3.8) is 0 Å². The number of fused-ring (bicyclic) bond motifs is 3. The molecule has 3 aromatic carbocycles. The Morgan fingerprint density at radius 1 is 0.970 bits per heavy atom. The zero-order chi connectivity index (χ0) is 23.2. The number of nitrogens with zero attached hydrogens (tertiary/aromatic N) is 2. The molecule has 33 heavy (non-hydrogen) atoms. The van der Waals surface area contributed by atoms with E-state index in [4.69, 9.17) is 4.99 Å². The molecule has 0 fully saturated rings. The Labute approximate surface area is 197 Å². The summed E-state index contributed by atoms with van der Waals surface area (Å²) in [6, 6.07) is 24.0. The molecule has 0 radical (unpaired) electrons. The van der Waals surface area contributed by atoms with E-state index in [0.29, 0.717) is 6.67 Å². The van der Waals surface area contributed by atoms with E-state index in [-0.39, 0.29) is 11.6 Å². The number of aliphatic imine (C=N–C) groups is 1. The van der Waals surface area contributed by atoms with Gasteiger partial charge in [0.2, 0.25) is 0 Å². The molecule has 1 atom stereocenters. The molecule has 4 heteroatoms. The van der Waals surface area contributed by atoms with Crippen molar-refractivity contribution in [3.05, 3.63) is 101 Å². The molecular formula is C29H32N4. The molecule has 0 saturated heterocycles. The van der Waals surface area contributed by atoms with Crippen molar-refractivity contribution in [1.82, 2.24) is 4.90 Å². The first kappa shape index (κ1) is 21.3. The van der Waals surface area contributed by atoms with E-state index in [1.807, 2.05) is 0 Å². The van der Waals surface area contributed by atoms with Crippen molar-refractivity contribution in [2.75, 3.05) is 17.3 Å². The topological polar surface area (TPSA) is 39.7 Å². The number of anilines is 2. The van der Waals surface area contributed by atoms with Crippen molar-refractivity contribution in [2.24, 2.45) is 4.99 Å². The van der Waals surface area contributed by atoms with Crippen LogP contribution in [0.15, 0.2) is 77.8 Å². The van der Waals surface area contributed by atoms with Gasteiger partial charge in [0, 0.05) is 23.0 Å². The SMILES string of the molecule is Cc1ccc(NC2=NCN3C(=C2)c2ccccc2NC3c2ccc(C(C)(C)C)cc2)c(C)c1. The third-order valence-electron chi connectivity index (χ3n) is 6.52. The second-order valence-electron chi connectivity index (χ2n) is 10.1. The molecule has 5 rings (SSSR count). The molecule has 2 heterocycles. The second kappa shape index (κ2) is 8.11. The highest BCUT2D eigenvalue weighted by Gasteiger charge is 2.32. The van der Waals surface area contributed by atoms with Gasteiger partial charge in [-0.2, -0.15) is 0 Å². The first-order valence-electron chi connectivity index (χ1n) is 11.6. The van der Waals surface area contributed by atoms with Gasteiger partial charge in [0.05, 0.1) is 5.70 Å². The molecule has 4 nitrogen and oxygen atoms in total. The van der Waals surface area contributed by atoms with E-state index >= 15 is 0 Å². The van der Waals surface area contributed by atoms with Gasteiger partial charge in [0.15, 0.2) is 0 Å². The fraction of sp³-hybridized carbons (Fsp3) is 0.276. The van der Waals surface area contributed by atoms with E-state index in [1.165, 1.54) is 33.5 Å². The quantitative estimate of drug-likeness (QED) is 0.461. The molecule has 0 amide bonds. The van der Waals surface area contributed by atoms with Crippen molar-refractivity contribution >= 4 is 22.9 Å². The van der Waals surface area contributed by atoms with Gasteiger partial charge in [-0.1, -0.05) is 80.9 Å². The monoisotopic (exact) mass is 436 g/mol. The van der Waals surface area contributed by atoms with Crippen LogP contribution in [0.3, 0.4) is 0 Å². The van der Waals surface area contributed by atoms with E-state index in [0.717, 1.165) is 17.2 Å². The van der Waals surface area contributed by atoms with Crippen LogP contribution < -0.4 is 10.6 Å². The summed E-state index contributed by atoms with van der Waals surface area (Å²) in [5.74, 6) is 0.895. The second-order valence-corrected chi connectivity index (χ2v) is 10.1. The molecular weight excluding hydrogens is 404 g/mol. The fourth-order valence-corrected chi connectivity index (χ4v) is 4.59. The highest BCUT2D eigenvalue weighted by Crippen LogP contribution is 2.41. The number of rotatable bonds is 2. The van der Waals surface area contributed by atoms with E-state index in [9.17, 15) is 0 Å². The first-order valence-corrected chi connectivity index (χ1v) is 11.6. The molecule has 168 valence electrons. The number of hydrogen-bond donors (Lipinski definition) is 2. The Morgan fingerprint density at radius 3 is 2.45 bits per heavy atom. The van der Waals surface area contributed by atoms with Crippen LogP contribution in [0.4, 0.5) is 11.4 Å². The van der Waals surface area contributed by atoms with Gasteiger partial charge < -0.3 is 15.5 Å². The lowest BCUT2D eigenvalue weighted by Crippen LogP contribution is -2.39. The van der Waals surface area contributed by atoms with Crippen molar-refractivity contribution in [3.8, 4) is 0 Å². The maximum Gasteiger partial charge on any atom is 0.129 e. The number of amidine groups is 1. The molecule has 0 saturated carbocycles. The number of benzene rings is 3. The van der Waals surface area contributed by atoms with Gasteiger partial charge in [-0.05, 0) is 48.1 Å². The standard InChI is InChI=1S/C29H32N4/c1-19-10-15-24(20(2)16-19)31-27-17-26-23-8-6-7-9-25(23)32-28(33(26)18-30-27)21-11-13-22(14-12-21)29(3,4)5/h6-17,28,32H,18H2,1-5H3,(H,30,31). The number of aryl methyl sites for hydroxylation is 2. The Kier molecular flexibility index (Phi) is 5.24. The van der Waals surface area contributed by atoms with Gasteiger partial charge in [-0.15, -0.1) is 0 Å². The summed E-state index contributed by atoms with van der Waals surface area (Å²) in [4.78, 5) is 7.24. The third-order valence-corrected chi connectivity index (χ3v) is 6.52. The van der Waals surface area contributed by atoms with Gasteiger partial charge in [-0.3, -0.25) is 0 Å². The first-order chi connectivity index (χ1) is 15.8. The van der Waals surface area contributed by atoms with Crippen molar-refractivity contribution in [1.29, 1.82) is 0 Å². The van der Waals surface area contributed by atoms with Crippen LogP contribution >= 0.6 is 0 Å². The fourth-order valence-electron chi connectivity index (χ4n) is 4.59. The molecule has 0 spiro atoms. The molecule has 1 unspecified atom stereocenters. The summed E-state index contributed by atoms with van der Waals surface area (Å²) in [6.45, 7) is 11.6. The Bertz CT molecular complexity index is 1250. The Hall–Kier alpha value is -3.53. The maximum atomic E-state index is 4.89. The van der Waals surface area contributed by atoms with Crippen LogP contribution in [-0.2, 0) is 5.41 Å². The Balaban J connectivity index is 1.49. The summed E-state index contributed by atoms with van der Waals surface area (Å²) < 4.78 is 0. The van der Waals surface area contributed by atoms with Crippen LogP contribution in [0, 0.1) is 13.8 Å². The van der Waals surface area contributed by atoms with Crippen LogP contribution in [0.1, 0.15) is 54.8 Å². The average molecular weight is 437 g/mol. The minimum absolute atomic E-state index is 0.0339.